The van der Waals surface area contributed by atoms with E-state index >= 15 is 0 Å². The summed E-state index contributed by atoms with van der Waals surface area (Å²) in [6, 6.07) is 13.4. The van der Waals surface area contributed by atoms with E-state index in [2.05, 4.69) is 31.9 Å². The van der Waals surface area contributed by atoms with Gasteiger partial charge in [0.2, 0.25) is 0 Å². The number of fused-ring (bicyclic) bond motifs is 1. The molecule has 7 heteroatoms. The quantitative estimate of drug-likeness (QED) is 0.560. The molecule has 0 aliphatic carbocycles. The van der Waals surface area contributed by atoms with Crippen LogP contribution in [0.4, 0.5) is 10.1 Å². The molecule has 0 amide bonds. The van der Waals surface area contributed by atoms with Crippen molar-refractivity contribution in [1.82, 2.24) is 9.88 Å². The van der Waals surface area contributed by atoms with Crippen molar-refractivity contribution in [3.8, 4) is 0 Å². The van der Waals surface area contributed by atoms with Gasteiger partial charge in [0.1, 0.15) is 5.82 Å². The first-order valence-electron chi connectivity index (χ1n) is 11.6. The van der Waals surface area contributed by atoms with Crippen molar-refractivity contribution in [2.75, 3.05) is 38.1 Å². The Hall–Kier alpha value is -2.70. The molecule has 0 radical (unpaired) electrons. The van der Waals surface area contributed by atoms with E-state index in [1.54, 1.807) is 13.1 Å². The average Bonchev–Trinajstić information content (AvgIpc) is 3.30. The molecule has 2 fully saturated rings. The van der Waals surface area contributed by atoms with Crippen molar-refractivity contribution < 1.29 is 4.39 Å². The van der Waals surface area contributed by atoms with Gasteiger partial charge in [-0.15, -0.1) is 0 Å². The van der Waals surface area contributed by atoms with Crippen LogP contribution in [0.15, 0.2) is 52.3 Å². The Balaban J connectivity index is 1.24. The molecule has 0 spiro atoms. The lowest BCUT2D eigenvalue weighted by Gasteiger charge is -2.38. The maximum Gasteiger partial charge on any atom is 0.259 e. The van der Waals surface area contributed by atoms with E-state index in [1.165, 1.54) is 6.07 Å². The highest BCUT2D eigenvalue weighted by Gasteiger charge is 2.32. The van der Waals surface area contributed by atoms with Gasteiger partial charge < -0.3 is 9.88 Å². The highest BCUT2D eigenvalue weighted by Crippen LogP contribution is 2.33. The number of halogens is 2. The summed E-state index contributed by atoms with van der Waals surface area (Å²) in [5.41, 5.74) is 2.68. The van der Waals surface area contributed by atoms with Crippen LogP contribution in [0.5, 0.6) is 0 Å². The first kappa shape index (κ1) is 22.1. The van der Waals surface area contributed by atoms with Gasteiger partial charge in [-0.05, 0) is 61.0 Å². The molecular weight excluding hydrogens is 439 g/mol. The molecule has 172 valence electrons. The summed E-state index contributed by atoms with van der Waals surface area (Å²) in [5.74, 6) is -0.195. The highest BCUT2D eigenvalue weighted by atomic mass is 35.5. The van der Waals surface area contributed by atoms with Gasteiger partial charge in [-0.1, -0.05) is 29.8 Å². The second kappa shape index (κ2) is 9.27. The van der Waals surface area contributed by atoms with Crippen LogP contribution < -0.4 is 10.5 Å². The number of likely N-dealkylation sites (tertiary alicyclic amines) is 1. The van der Waals surface area contributed by atoms with Crippen LogP contribution >= 0.6 is 11.6 Å². The van der Waals surface area contributed by atoms with Crippen molar-refractivity contribution in [2.45, 2.75) is 31.2 Å². The van der Waals surface area contributed by atoms with Gasteiger partial charge in [-0.25, -0.2) is 4.39 Å². The van der Waals surface area contributed by atoms with Crippen molar-refractivity contribution in [2.24, 2.45) is 4.99 Å². The summed E-state index contributed by atoms with van der Waals surface area (Å²) < 4.78 is 14.0. The number of H-pyrrole nitrogens is 1. The molecule has 2 aromatic carbocycles. The molecular formula is C26H28ClFN4O. The number of nitrogens with zero attached hydrogens (tertiary/aromatic N) is 3. The van der Waals surface area contributed by atoms with E-state index in [9.17, 15) is 9.18 Å². The van der Waals surface area contributed by atoms with Gasteiger partial charge in [-0.2, -0.15) is 0 Å². The summed E-state index contributed by atoms with van der Waals surface area (Å²) >= 11 is 6.55. The summed E-state index contributed by atoms with van der Waals surface area (Å²) in [7, 11) is 1.76. The molecule has 1 atom stereocenters. The maximum absolute atomic E-state index is 14.0. The third-order valence-corrected chi connectivity index (χ3v) is 7.38. The van der Waals surface area contributed by atoms with E-state index in [4.69, 9.17) is 11.6 Å². The summed E-state index contributed by atoms with van der Waals surface area (Å²) in [5, 5.41) is 1.59. The Kier molecular flexibility index (Phi) is 6.21. The monoisotopic (exact) mass is 466 g/mol. The van der Waals surface area contributed by atoms with E-state index in [0.29, 0.717) is 11.4 Å². The molecule has 2 aliphatic rings. The number of aromatic amines is 1. The molecule has 5 rings (SSSR count). The second-order valence-corrected chi connectivity index (χ2v) is 9.46. The van der Waals surface area contributed by atoms with Gasteiger partial charge in [0, 0.05) is 50.6 Å². The van der Waals surface area contributed by atoms with Crippen molar-refractivity contribution in [3.63, 3.8) is 0 Å². The van der Waals surface area contributed by atoms with Crippen LogP contribution in [-0.4, -0.2) is 55.4 Å². The average molecular weight is 467 g/mol. The summed E-state index contributed by atoms with van der Waals surface area (Å²) in [6.07, 6.45) is 4.98. The first-order valence-corrected chi connectivity index (χ1v) is 11.9. The largest absolute Gasteiger partial charge is 0.370 e. The number of anilines is 1. The van der Waals surface area contributed by atoms with Crippen molar-refractivity contribution in [1.29, 1.82) is 0 Å². The Morgan fingerprint density at radius 1 is 1.12 bits per heavy atom. The number of aromatic nitrogens is 1. The molecule has 0 saturated carbocycles. The smallest absolute Gasteiger partial charge is 0.259 e. The molecule has 5 nitrogen and oxygen atoms in total. The molecule has 33 heavy (non-hydrogen) atoms. The van der Waals surface area contributed by atoms with Gasteiger partial charge in [0.25, 0.3) is 5.56 Å². The number of rotatable bonds is 4. The maximum atomic E-state index is 14.0. The molecule has 2 saturated heterocycles. The molecule has 1 aromatic heterocycles. The van der Waals surface area contributed by atoms with Crippen LogP contribution in [0.1, 0.15) is 36.4 Å². The van der Waals surface area contributed by atoms with Crippen LogP contribution in [0.25, 0.3) is 10.8 Å². The van der Waals surface area contributed by atoms with Crippen LogP contribution in [-0.2, 0) is 0 Å². The Bertz CT molecular complexity index is 1250. The fourth-order valence-corrected chi connectivity index (χ4v) is 5.68. The predicted octanol–water partition coefficient (Wildman–Crippen LogP) is 4.83. The topological polar surface area (TPSA) is 51.7 Å². The fourth-order valence-electron chi connectivity index (χ4n) is 5.37. The minimum absolute atomic E-state index is 0.150. The molecule has 2 aliphatic heterocycles. The molecule has 0 bridgehead atoms. The van der Waals surface area contributed by atoms with Gasteiger partial charge in [0.05, 0.1) is 16.1 Å². The molecule has 3 aromatic rings. The number of hydrogen-bond donors (Lipinski definition) is 1. The standard InChI is InChI=1S/C26H28ClFN4O/c1-29-15-17-5-6-24(21(27)13-17)31-11-8-20(9-12-31)32-10-7-19(16-32)23-14-18-3-2-4-22(28)25(18)26(33)30-23/h2-6,13-15,19-20H,7-12,16H2,1H3,(H,30,33)/b29-15-. The SMILES string of the molecule is C/N=C\c1ccc(N2CCC(N3CCC(c4cc5cccc(F)c5c(=O)[nH]4)C3)CC2)c(Cl)c1. The zero-order valence-corrected chi connectivity index (χ0v) is 19.5. The van der Waals surface area contributed by atoms with Crippen LogP contribution in [0.3, 0.4) is 0 Å². The van der Waals surface area contributed by atoms with Crippen LogP contribution in [0.2, 0.25) is 5.02 Å². The van der Waals surface area contributed by atoms with Gasteiger partial charge in [0.15, 0.2) is 0 Å². The number of hydrogen-bond acceptors (Lipinski definition) is 4. The Morgan fingerprint density at radius 3 is 2.70 bits per heavy atom. The van der Waals surface area contributed by atoms with E-state index in [1.807, 2.05) is 24.4 Å². The second-order valence-electron chi connectivity index (χ2n) is 9.05. The summed E-state index contributed by atoms with van der Waals surface area (Å²) in [4.78, 5) is 24.4. The van der Waals surface area contributed by atoms with Crippen LogP contribution in [0, 0.1) is 5.82 Å². The van der Waals surface area contributed by atoms with Gasteiger partial charge >= 0.3 is 0 Å². The van der Waals surface area contributed by atoms with Crippen molar-refractivity contribution >= 4 is 34.3 Å². The van der Waals surface area contributed by atoms with Gasteiger partial charge in [-0.3, -0.25) is 14.7 Å². The third kappa shape index (κ3) is 4.42. The fraction of sp³-hybridized carbons (Fsp3) is 0.385. The summed E-state index contributed by atoms with van der Waals surface area (Å²) in [6.45, 7) is 3.88. The number of piperidine rings is 1. The zero-order chi connectivity index (χ0) is 22.9. The lowest BCUT2D eigenvalue weighted by atomic mass is 10.0. The molecule has 1 N–H and O–H groups in total. The first-order chi connectivity index (χ1) is 16.0. The zero-order valence-electron chi connectivity index (χ0n) is 18.7. The minimum atomic E-state index is -0.464. The molecule has 1 unspecified atom stereocenters. The molecule has 3 heterocycles. The number of aliphatic imine (C=N–C) groups is 1. The van der Waals surface area contributed by atoms with E-state index in [-0.39, 0.29) is 16.9 Å². The van der Waals surface area contributed by atoms with E-state index < -0.39 is 5.82 Å². The van der Waals surface area contributed by atoms with E-state index in [0.717, 1.165) is 67.4 Å². The highest BCUT2D eigenvalue weighted by molar-refractivity contribution is 6.33. The minimum Gasteiger partial charge on any atom is -0.370 e. The van der Waals surface area contributed by atoms with Crippen molar-refractivity contribution in [3.05, 3.63) is 74.9 Å². The number of nitrogens with one attached hydrogen (secondary N) is 1. The Labute approximate surface area is 197 Å². The third-order valence-electron chi connectivity index (χ3n) is 7.07. The number of benzene rings is 2. The number of pyridine rings is 1. The Morgan fingerprint density at radius 2 is 1.94 bits per heavy atom. The predicted molar refractivity (Wildman–Crippen MR) is 134 cm³/mol. The lowest BCUT2D eigenvalue weighted by molar-refractivity contribution is 0.205. The normalized spacial score (nSPS) is 20.3. The lowest BCUT2D eigenvalue weighted by Crippen LogP contribution is -2.44.